The van der Waals surface area contributed by atoms with Crippen LogP contribution in [0.25, 0.3) is 0 Å². The molecule has 5 nitrogen and oxygen atoms in total. The van der Waals surface area contributed by atoms with Crippen LogP contribution in [0.15, 0.2) is 0 Å². The Balaban J connectivity index is 0. The zero-order chi connectivity index (χ0) is 9.24. The van der Waals surface area contributed by atoms with Crippen LogP contribution in [0.2, 0.25) is 26.2 Å². The summed E-state index contributed by atoms with van der Waals surface area (Å²) in [5.41, 5.74) is 0. The second-order valence-corrected chi connectivity index (χ2v) is 14.5. The Labute approximate surface area is 96.4 Å². The fraction of sp³-hybridized carbons (Fsp3) is 1.00. The maximum Gasteiger partial charge on any atom is 0.313 e. The molecule has 1 aliphatic heterocycles. The average molecular weight is 291 g/mol. The van der Waals surface area contributed by atoms with E-state index in [2.05, 4.69) is 0 Å². The van der Waals surface area contributed by atoms with Gasteiger partial charge in [-0.1, -0.05) is 0 Å². The van der Waals surface area contributed by atoms with Gasteiger partial charge in [0.1, 0.15) is 0 Å². The predicted octanol–water partition coefficient (Wildman–Crippen LogP) is -2.81. The van der Waals surface area contributed by atoms with Crippen molar-refractivity contribution in [1.29, 1.82) is 0 Å². The minimum absolute atomic E-state index is 0. The molecule has 1 fully saturated rings. The molecular weight excluding hydrogens is 268 g/mol. The molecule has 0 saturated carbocycles. The van der Waals surface area contributed by atoms with Gasteiger partial charge in [-0.05, 0) is 37.2 Å². The minimum Gasteiger partial charge on any atom is -0.425 e. The monoisotopic (exact) mass is 290 g/mol. The molecule has 1 saturated heterocycles. The van der Waals surface area contributed by atoms with Crippen LogP contribution in [0.3, 0.4) is 0 Å². The van der Waals surface area contributed by atoms with E-state index in [-0.39, 0.29) is 16.4 Å². The Morgan fingerprint density at radius 2 is 1.21 bits per heavy atom. The van der Waals surface area contributed by atoms with E-state index in [1.807, 2.05) is 26.2 Å². The molecule has 1 aliphatic rings. The van der Waals surface area contributed by atoms with E-state index in [0.717, 1.165) is 0 Å². The highest BCUT2D eigenvalue weighted by Gasteiger charge is 2.37. The highest BCUT2D eigenvalue weighted by Crippen LogP contribution is 2.17. The second kappa shape index (κ2) is 6.46. The van der Waals surface area contributed by atoms with E-state index < -0.39 is 37.1 Å². The van der Waals surface area contributed by atoms with Crippen molar-refractivity contribution in [3.63, 3.8) is 0 Å². The standard InChI is InChI=1S/C4H16O4Si4.H2O.H4Si/c1-11(2)6-9-5-10-7-12(3,4)8-11;;/h9-10H2,1-4H3;1H2;1H4. The summed E-state index contributed by atoms with van der Waals surface area (Å²) in [6.45, 7) is 8.20. The molecule has 0 spiro atoms. The van der Waals surface area contributed by atoms with Crippen LogP contribution < -0.4 is 0 Å². The fourth-order valence-corrected chi connectivity index (χ4v) is 12.0. The third kappa shape index (κ3) is 6.38. The Kier molecular flexibility index (Phi) is 7.98. The average Bonchev–Trinajstić information content (AvgIpc) is 1.80. The van der Waals surface area contributed by atoms with Gasteiger partial charge in [-0.25, -0.2) is 0 Å². The van der Waals surface area contributed by atoms with Crippen molar-refractivity contribution in [1.82, 2.24) is 0 Å². The van der Waals surface area contributed by atoms with Gasteiger partial charge < -0.3 is 21.9 Å². The zero-order valence-electron chi connectivity index (χ0n) is 8.55. The third-order valence-corrected chi connectivity index (χ3v) is 13.2. The Morgan fingerprint density at radius 3 is 1.57 bits per heavy atom. The molecule has 0 radical (unpaired) electrons. The van der Waals surface area contributed by atoms with Crippen molar-refractivity contribution in [2.24, 2.45) is 0 Å². The largest absolute Gasteiger partial charge is 0.425 e. The lowest BCUT2D eigenvalue weighted by Crippen LogP contribution is -2.52. The molecule has 14 heavy (non-hydrogen) atoms. The Bertz CT molecular complexity index is 148. The summed E-state index contributed by atoms with van der Waals surface area (Å²) in [5.74, 6) is 0. The molecule has 10 heteroatoms. The zero-order valence-corrected chi connectivity index (χ0v) is 13.4. The van der Waals surface area contributed by atoms with Gasteiger partial charge in [-0.3, -0.25) is 0 Å². The maximum atomic E-state index is 5.89. The van der Waals surface area contributed by atoms with Gasteiger partial charge in [-0.15, -0.1) is 0 Å². The van der Waals surface area contributed by atoms with Gasteiger partial charge in [0.25, 0.3) is 20.0 Å². The molecule has 0 aromatic heterocycles. The smallest absolute Gasteiger partial charge is 0.313 e. The second-order valence-electron chi connectivity index (χ2n) is 3.63. The quantitative estimate of drug-likeness (QED) is 0.452. The molecule has 0 unspecified atom stereocenters. The lowest BCUT2D eigenvalue weighted by molar-refractivity contribution is 0.286. The summed E-state index contributed by atoms with van der Waals surface area (Å²) >= 11 is 0. The normalized spacial score (nSPS) is 28.3. The molecule has 88 valence electrons. The molecule has 1 rings (SSSR count). The molecular formula is C4H22O5Si5. The first kappa shape index (κ1) is 17.3. The van der Waals surface area contributed by atoms with Crippen molar-refractivity contribution in [3.8, 4) is 0 Å². The first-order valence-corrected chi connectivity index (χ1v) is 11.9. The van der Waals surface area contributed by atoms with Crippen LogP contribution >= 0.6 is 0 Å². The van der Waals surface area contributed by atoms with E-state index >= 15 is 0 Å². The Morgan fingerprint density at radius 1 is 0.857 bits per heavy atom. The molecule has 2 N–H and O–H groups in total. The van der Waals surface area contributed by atoms with E-state index in [4.69, 9.17) is 16.5 Å². The van der Waals surface area contributed by atoms with E-state index in [1.54, 1.807) is 0 Å². The van der Waals surface area contributed by atoms with Gasteiger partial charge in [0.15, 0.2) is 0 Å². The summed E-state index contributed by atoms with van der Waals surface area (Å²) in [5, 5.41) is 0. The summed E-state index contributed by atoms with van der Waals surface area (Å²) in [6, 6.07) is 0. The molecule has 0 atom stereocenters. The first-order valence-electron chi connectivity index (χ1n) is 3.97. The van der Waals surface area contributed by atoms with Gasteiger partial charge >= 0.3 is 17.1 Å². The van der Waals surface area contributed by atoms with Gasteiger partial charge in [-0.2, -0.15) is 0 Å². The molecule has 0 aromatic carbocycles. The number of rotatable bonds is 0. The van der Waals surface area contributed by atoms with Crippen LogP contribution in [0, 0.1) is 0 Å². The summed E-state index contributed by atoms with van der Waals surface area (Å²) in [7, 11) is -5.44. The SMILES string of the molecule is C[Si]1(C)O[SiH2]O[SiH2]O[Si](C)(C)O1.O.[SiH4]. The number of hydrogen-bond donors (Lipinski definition) is 0. The molecule has 0 aliphatic carbocycles. The van der Waals surface area contributed by atoms with Crippen molar-refractivity contribution in [2.45, 2.75) is 26.2 Å². The molecule has 0 bridgehead atoms. The van der Waals surface area contributed by atoms with Gasteiger partial charge in [0.2, 0.25) is 0 Å². The van der Waals surface area contributed by atoms with Crippen molar-refractivity contribution < 1.29 is 21.9 Å². The summed E-state index contributed by atoms with van der Waals surface area (Å²) < 4.78 is 22.5. The molecule has 0 aromatic rings. The van der Waals surface area contributed by atoms with E-state index in [1.165, 1.54) is 0 Å². The van der Waals surface area contributed by atoms with Crippen LogP contribution in [-0.2, 0) is 16.5 Å². The van der Waals surface area contributed by atoms with Crippen LogP contribution in [0.5, 0.6) is 0 Å². The topological polar surface area (TPSA) is 68.4 Å². The first-order chi connectivity index (χ1) is 5.41. The highest BCUT2D eigenvalue weighted by atomic mass is 28.5. The Hall–Kier alpha value is 0.884. The van der Waals surface area contributed by atoms with Gasteiger partial charge in [0, 0.05) is 0 Å². The van der Waals surface area contributed by atoms with Gasteiger partial charge in [0.05, 0.1) is 0 Å². The predicted molar refractivity (Wildman–Crippen MR) is 71.3 cm³/mol. The van der Waals surface area contributed by atoms with Crippen molar-refractivity contribution >= 4 is 48.1 Å². The fourth-order valence-electron chi connectivity index (χ4n) is 1.05. The minimum atomic E-state index is -1.91. The van der Waals surface area contributed by atoms with Crippen LogP contribution in [0.1, 0.15) is 0 Å². The van der Waals surface area contributed by atoms with E-state index in [0.29, 0.717) is 0 Å². The van der Waals surface area contributed by atoms with Crippen LogP contribution in [-0.4, -0.2) is 53.6 Å². The summed E-state index contributed by atoms with van der Waals surface area (Å²) in [4.78, 5) is 0. The third-order valence-electron chi connectivity index (χ3n) is 1.47. The van der Waals surface area contributed by atoms with Crippen molar-refractivity contribution in [2.75, 3.05) is 0 Å². The molecule has 1 heterocycles. The molecule has 0 amide bonds. The maximum absolute atomic E-state index is 5.89. The lowest BCUT2D eigenvalue weighted by atomic mass is 11.9. The van der Waals surface area contributed by atoms with Crippen molar-refractivity contribution in [3.05, 3.63) is 0 Å². The highest BCUT2D eigenvalue weighted by molar-refractivity contribution is 6.82. The van der Waals surface area contributed by atoms with Crippen LogP contribution in [0.4, 0.5) is 0 Å². The number of hydrogen-bond acceptors (Lipinski definition) is 4. The summed E-state index contributed by atoms with van der Waals surface area (Å²) in [6.07, 6.45) is 0. The lowest BCUT2D eigenvalue weighted by Gasteiger charge is -2.35. The van der Waals surface area contributed by atoms with E-state index in [9.17, 15) is 0 Å².